The van der Waals surface area contributed by atoms with Crippen LogP contribution in [0.3, 0.4) is 0 Å². The smallest absolute Gasteiger partial charge is 0.0928 e. The summed E-state index contributed by atoms with van der Waals surface area (Å²) in [4.78, 5) is 2.37. The lowest BCUT2D eigenvalue weighted by Crippen LogP contribution is -2.41. The molecule has 2 aliphatic heterocycles. The number of hydrogen-bond acceptors (Lipinski definition) is 3. The Labute approximate surface area is 86.0 Å². The van der Waals surface area contributed by atoms with Gasteiger partial charge < -0.3 is 14.7 Å². The van der Waals surface area contributed by atoms with Crippen molar-refractivity contribution in [2.75, 3.05) is 26.2 Å². The van der Waals surface area contributed by atoms with Gasteiger partial charge in [-0.1, -0.05) is 6.42 Å². The highest BCUT2D eigenvalue weighted by atomic mass is 16.5. The van der Waals surface area contributed by atoms with Crippen molar-refractivity contribution in [3.63, 3.8) is 0 Å². The fourth-order valence-corrected chi connectivity index (χ4v) is 2.43. The van der Waals surface area contributed by atoms with Crippen molar-refractivity contribution in [2.24, 2.45) is 0 Å². The lowest BCUT2D eigenvalue weighted by molar-refractivity contribution is -0.0207. The van der Waals surface area contributed by atoms with Crippen LogP contribution in [0.4, 0.5) is 0 Å². The highest BCUT2D eigenvalue weighted by Gasteiger charge is 2.26. The number of aliphatic hydroxyl groups is 1. The summed E-state index contributed by atoms with van der Waals surface area (Å²) in [5.41, 5.74) is 0. The number of hydrogen-bond donors (Lipinski definition) is 1. The standard InChI is InChI=1S/C11H21NO2/c13-10(11-5-4-8-14-11)9-12-6-2-1-3-7-12/h10-11,13H,1-9H2. The Morgan fingerprint density at radius 2 is 2.00 bits per heavy atom. The van der Waals surface area contributed by atoms with E-state index in [4.69, 9.17) is 4.74 Å². The van der Waals surface area contributed by atoms with E-state index >= 15 is 0 Å². The van der Waals surface area contributed by atoms with Crippen LogP contribution in [0.25, 0.3) is 0 Å². The van der Waals surface area contributed by atoms with Crippen LogP contribution >= 0.6 is 0 Å². The van der Waals surface area contributed by atoms with Crippen LogP contribution in [-0.2, 0) is 4.74 Å². The quantitative estimate of drug-likeness (QED) is 0.736. The number of piperidine rings is 1. The summed E-state index contributed by atoms with van der Waals surface area (Å²) >= 11 is 0. The Balaban J connectivity index is 1.72. The van der Waals surface area contributed by atoms with Crippen molar-refractivity contribution in [1.82, 2.24) is 4.90 Å². The number of nitrogens with zero attached hydrogens (tertiary/aromatic N) is 1. The van der Waals surface area contributed by atoms with Gasteiger partial charge in [0.25, 0.3) is 0 Å². The lowest BCUT2D eigenvalue weighted by Gasteiger charge is -2.30. The van der Waals surface area contributed by atoms with Gasteiger partial charge >= 0.3 is 0 Å². The molecular weight excluding hydrogens is 178 g/mol. The van der Waals surface area contributed by atoms with Gasteiger partial charge in [-0.2, -0.15) is 0 Å². The summed E-state index contributed by atoms with van der Waals surface area (Å²) < 4.78 is 5.48. The fourth-order valence-electron chi connectivity index (χ4n) is 2.43. The molecule has 3 nitrogen and oxygen atoms in total. The third-order valence-electron chi connectivity index (χ3n) is 3.29. The zero-order chi connectivity index (χ0) is 9.80. The molecule has 3 heteroatoms. The van der Waals surface area contributed by atoms with E-state index in [9.17, 15) is 5.11 Å². The maximum Gasteiger partial charge on any atom is 0.0928 e. The molecule has 2 rings (SSSR count). The second kappa shape index (κ2) is 5.10. The molecule has 14 heavy (non-hydrogen) atoms. The Hall–Kier alpha value is -0.120. The number of ether oxygens (including phenoxy) is 1. The summed E-state index contributed by atoms with van der Waals surface area (Å²) in [7, 11) is 0. The van der Waals surface area contributed by atoms with Crippen molar-refractivity contribution in [3.8, 4) is 0 Å². The second-order valence-corrected chi connectivity index (χ2v) is 4.48. The molecule has 0 aromatic carbocycles. The number of likely N-dealkylation sites (tertiary alicyclic amines) is 1. The normalized spacial score (nSPS) is 31.9. The van der Waals surface area contributed by atoms with E-state index in [2.05, 4.69) is 4.90 Å². The molecule has 2 fully saturated rings. The first-order chi connectivity index (χ1) is 6.86. The maximum absolute atomic E-state index is 9.93. The summed E-state index contributed by atoms with van der Waals surface area (Å²) in [5, 5.41) is 9.93. The van der Waals surface area contributed by atoms with Gasteiger partial charge in [0.2, 0.25) is 0 Å². The molecule has 0 bridgehead atoms. The first-order valence-electron chi connectivity index (χ1n) is 5.88. The van der Waals surface area contributed by atoms with Gasteiger partial charge in [0.05, 0.1) is 12.2 Å². The minimum Gasteiger partial charge on any atom is -0.389 e. The second-order valence-electron chi connectivity index (χ2n) is 4.48. The van der Waals surface area contributed by atoms with E-state index in [1.807, 2.05) is 0 Å². The van der Waals surface area contributed by atoms with E-state index in [0.29, 0.717) is 0 Å². The molecule has 0 aromatic rings. The fraction of sp³-hybridized carbons (Fsp3) is 1.00. The lowest BCUT2D eigenvalue weighted by atomic mass is 10.1. The molecule has 0 amide bonds. The van der Waals surface area contributed by atoms with Crippen LogP contribution < -0.4 is 0 Å². The molecule has 2 atom stereocenters. The van der Waals surface area contributed by atoms with Gasteiger partial charge in [0.1, 0.15) is 0 Å². The van der Waals surface area contributed by atoms with Crippen LogP contribution in [0.5, 0.6) is 0 Å². The van der Waals surface area contributed by atoms with E-state index in [1.54, 1.807) is 0 Å². The molecule has 2 saturated heterocycles. The largest absolute Gasteiger partial charge is 0.389 e. The number of β-amino-alcohol motifs (C(OH)–C–C–N with tert-alkyl or cyclic N) is 1. The highest BCUT2D eigenvalue weighted by molar-refractivity contribution is 4.78. The van der Waals surface area contributed by atoms with Crippen molar-refractivity contribution in [1.29, 1.82) is 0 Å². The molecular formula is C11H21NO2. The minimum atomic E-state index is -0.268. The monoisotopic (exact) mass is 199 g/mol. The Kier molecular flexibility index (Phi) is 3.79. The van der Waals surface area contributed by atoms with Gasteiger partial charge in [0, 0.05) is 13.2 Å². The Morgan fingerprint density at radius 3 is 2.64 bits per heavy atom. The molecule has 82 valence electrons. The van der Waals surface area contributed by atoms with Crippen LogP contribution in [-0.4, -0.2) is 48.5 Å². The topological polar surface area (TPSA) is 32.7 Å². The zero-order valence-corrected chi connectivity index (χ0v) is 8.82. The van der Waals surface area contributed by atoms with Crippen LogP contribution in [0.15, 0.2) is 0 Å². The molecule has 2 aliphatic rings. The predicted molar refractivity (Wildman–Crippen MR) is 55.3 cm³/mol. The van der Waals surface area contributed by atoms with Crippen LogP contribution in [0.1, 0.15) is 32.1 Å². The van der Waals surface area contributed by atoms with Gasteiger partial charge in [0.15, 0.2) is 0 Å². The molecule has 0 radical (unpaired) electrons. The number of aliphatic hydroxyl groups excluding tert-OH is 1. The van der Waals surface area contributed by atoms with Crippen LogP contribution in [0.2, 0.25) is 0 Å². The first kappa shape index (κ1) is 10.4. The van der Waals surface area contributed by atoms with E-state index in [0.717, 1.165) is 39.1 Å². The van der Waals surface area contributed by atoms with E-state index in [-0.39, 0.29) is 12.2 Å². The van der Waals surface area contributed by atoms with Gasteiger partial charge in [-0.05, 0) is 38.8 Å². The average Bonchev–Trinajstić information content (AvgIpc) is 2.72. The molecule has 0 aliphatic carbocycles. The molecule has 2 unspecified atom stereocenters. The first-order valence-corrected chi connectivity index (χ1v) is 5.88. The number of rotatable bonds is 3. The Morgan fingerprint density at radius 1 is 1.21 bits per heavy atom. The zero-order valence-electron chi connectivity index (χ0n) is 8.82. The van der Waals surface area contributed by atoms with E-state index < -0.39 is 0 Å². The Bertz CT molecular complexity index is 163. The van der Waals surface area contributed by atoms with Crippen LogP contribution in [0, 0.1) is 0 Å². The van der Waals surface area contributed by atoms with Crippen molar-refractivity contribution in [3.05, 3.63) is 0 Å². The van der Waals surface area contributed by atoms with Gasteiger partial charge in [-0.25, -0.2) is 0 Å². The van der Waals surface area contributed by atoms with E-state index in [1.165, 1.54) is 19.3 Å². The molecule has 2 heterocycles. The van der Waals surface area contributed by atoms with Crippen molar-refractivity contribution < 1.29 is 9.84 Å². The third kappa shape index (κ3) is 2.69. The van der Waals surface area contributed by atoms with Crippen molar-refractivity contribution in [2.45, 2.75) is 44.3 Å². The molecule has 0 aromatic heterocycles. The van der Waals surface area contributed by atoms with Crippen molar-refractivity contribution >= 4 is 0 Å². The maximum atomic E-state index is 9.93. The minimum absolute atomic E-state index is 0.108. The van der Waals surface area contributed by atoms with Gasteiger partial charge in [-0.15, -0.1) is 0 Å². The average molecular weight is 199 g/mol. The summed E-state index contributed by atoms with van der Waals surface area (Å²) in [6, 6.07) is 0. The molecule has 1 N–H and O–H groups in total. The molecule has 0 saturated carbocycles. The summed E-state index contributed by atoms with van der Waals surface area (Å²) in [6.45, 7) is 3.96. The van der Waals surface area contributed by atoms with Gasteiger partial charge in [-0.3, -0.25) is 0 Å². The third-order valence-corrected chi connectivity index (χ3v) is 3.29. The highest BCUT2D eigenvalue weighted by Crippen LogP contribution is 2.17. The summed E-state index contributed by atoms with van der Waals surface area (Å²) in [6.07, 6.45) is 5.92. The SMILES string of the molecule is OC(CN1CCCCC1)C1CCCO1. The molecule has 0 spiro atoms. The summed E-state index contributed by atoms with van der Waals surface area (Å²) in [5.74, 6) is 0. The predicted octanol–water partition coefficient (Wildman–Crippen LogP) is 1.01.